The number of nitrogens with zero attached hydrogens (tertiary/aromatic N) is 1. The molecule has 3 aliphatic rings. The number of carbonyl (C=O) groups excluding carboxylic acids is 1. The van der Waals surface area contributed by atoms with Crippen LogP contribution in [0.25, 0.3) is 0 Å². The van der Waals surface area contributed by atoms with Crippen LogP contribution in [0.15, 0.2) is 0 Å². The minimum Gasteiger partial charge on any atom is -0.341 e. The Hall–Kier alpha value is -0.420. The summed E-state index contributed by atoms with van der Waals surface area (Å²) in [7, 11) is 0. The highest BCUT2D eigenvalue weighted by molar-refractivity contribution is 5.85. The monoisotopic (exact) mass is 280 g/mol. The first kappa shape index (κ1) is 14.0. The number of halogens is 3. The van der Waals surface area contributed by atoms with Crippen LogP contribution in [0, 0.1) is 5.41 Å². The molecule has 3 rings (SSSR count). The first-order valence-corrected chi connectivity index (χ1v) is 6.40. The largest absolute Gasteiger partial charge is 0.341 e. The zero-order chi connectivity index (χ0) is 12.1. The van der Waals surface area contributed by atoms with Crippen LogP contribution in [0.5, 0.6) is 0 Å². The van der Waals surface area contributed by atoms with Gasteiger partial charge in [0, 0.05) is 19.5 Å². The van der Waals surface area contributed by atoms with E-state index >= 15 is 0 Å². The number of amides is 1. The van der Waals surface area contributed by atoms with Crippen LogP contribution in [0.3, 0.4) is 0 Å². The standard InChI is InChI=1S/C12H18F2N2O.ClH/c13-12(14)6-9(15-7-12)10(17)16-5-4-11(8-16)2-1-3-11;/h9,15H,1-8H2;1H. The second-order valence-corrected chi connectivity index (χ2v) is 5.86. The highest BCUT2D eigenvalue weighted by atomic mass is 35.5. The van der Waals surface area contributed by atoms with Gasteiger partial charge in [-0.15, -0.1) is 12.4 Å². The van der Waals surface area contributed by atoms with Crippen molar-refractivity contribution in [1.82, 2.24) is 10.2 Å². The van der Waals surface area contributed by atoms with Crippen LogP contribution in [-0.4, -0.2) is 42.4 Å². The van der Waals surface area contributed by atoms with Gasteiger partial charge in [-0.05, 0) is 24.7 Å². The number of hydrogen-bond acceptors (Lipinski definition) is 2. The quantitative estimate of drug-likeness (QED) is 0.794. The summed E-state index contributed by atoms with van der Waals surface area (Å²) in [6.45, 7) is 1.18. The third-order valence-corrected chi connectivity index (χ3v) is 4.57. The van der Waals surface area contributed by atoms with Crippen molar-refractivity contribution in [2.24, 2.45) is 5.41 Å². The smallest absolute Gasteiger partial charge is 0.262 e. The molecular weight excluding hydrogens is 262 g/mol. The molecule has 2 heterocycles. The highest BCUT2D eigenvalue weighted by Crippen LogP contribution is 2.48. The van der Waals surface area contributed by atoms with E-state index in [0.29, 0.717) is 5.41 Å². The molecule has 1 N–H and O–H groups in total. The predicted molar refractivity (Wildman–Crippen MR) is 66.1 cm³/mol. The molecule has 3 nitrogen and oxygen atoms in total. The summed E-state index contributed by atoms with van der Waals surface area (Å²) in [5, 5.41) is 2.65. The van der Waals surface area contributed by atoms with Crippen LogP contribution in [0.4, 0.5) is 8.78 Å². The maximum absolute atomic E-state index is 13.0. The van der Waals surface area contributed by atoms with Crippen molar-refractivity contribution in [2.45, 2.75) is 44.1 Å². The minimum absolute atomic E-state index is 0. The summed E-state index contributed by atoms with van der Waals surface area (Å²) >= 11 is 0. The molecule has 1 amide bonds. The van der Waals surface area contributed by atoms with Gasteiger partial charge in [0.1, 0.15) is 0 Å². The van der Waals surface area contributed by atoms with Crippen molar-refractivity contribution in [2.75, 3.05) is 19.6 Å². The number of alkyl halides is 2. The number of likely N-dealkylation sites (tertiary alicyclic amines) is 1. The molecule has 1 spiro atoms. The van der Waals surface area contributed by atoms with Crippen molar-refractivity contribution in [3.05, 3.63) is 0 Å². The molecule has 0 aromatic heterocycles. The van der Waals surface area contributed by atoms with Crippen molar-refractivity contribution >= 4 is 18.3 Å². The Kier molecular flexibility index (Phi) is 3.58. The van der Waals surface area contributed by atoms with Crippen LogP contribution < -0.4 is 5.32 Å². The zero-order valence-electron chi connectivity index (χ0n) is 10.3. The molecule has 1 atom stereocenters. The average molecular weight is 281 g/mol. The van der Waals surface area contributed by atoms with E-state index in [1.54, 1.807) is 4.90 Å². The van der Waals surface area contributed by atoms with Gasteiger partial charge in [0.05, 0.1) is 12.6 Å². The van der Waals surface area contributed by atoms with Crippen molar-refractivity contribution in [3.63, 3.8) is 0 Å². The van der Waals surface area contributed by atoms with Crippen LogP contribution in [0.2, 0.25) is 0 Å². The fraction of sp³-hybridized carbons (Fsp3) is 0.917. The number of rotatable bonds is 1. The molecule has 2 saturated heterocycles. The molecule has 0 radical (unpaired) electrons. The average Bonchev–Trinajstić information content (AvgIpc) is 2.79. The Morgan fingerprint density at radius 3 is 2.44 bits per heavy atom. The lowest BCUT2D eigenvalue weighted by molar-refractivity contribution is -0.133. The first-order chi connectivity index (χ1) is 8.00. The van der Waals surface area contributed by atoms with Gasteiger partial charge in [0.2, 0.25) is 5.91 Å². The zero-order valence-corrected chi connectivity index (χ0v) is 11.1. The third kappa shape index (κ3) is 2.35. The lowest BCUT2D eigenvalue weighted by Crippen LogP contribution is -2.44. The van der Waals surface area contributed by atoms with E-state index < -0.39 is 12.0 Å². The normalized spacial score (nSPS) is 32.1. The molecule has 104 valence electrons. The maximum Gasteiger partial charge on any atom is 0.262 e. The SMILES string of the molecule is Cl.O=C(C1CC(F)(F)CN1)N1CCC2(CCC2)C1. The lowest BCUT2D eigenvalue weighted by atomic mass is 9.68. The van der Waals surface area contributed by atoms with E-state index in [4.69, 9.17) is 0 Å². The summed E-state index contributed by atoms with van der Waals surface area (Å²) in [5.41, 5.74) is 0.344. The fourth-order valence-corrected chi connectivity index (χ4v) is 3.32. The Balaban J connectivity index is 0.00000120. The van der Waals surface area contributed by atoms with Crippen LogP contribution >= 0.6 is 12.4 Å². The molecule has 18 heavy (non-hydrogen) atoms. The maximum atomic E-state index is 13.0. The second kappa shape index (κ2) is 4.60. The third-order valence-electron chi connectivity index (χ3n) is 4.57. The van der Waals surface area contributed by atoms with Crippen LogP contribution in [0.1, 0.15) is 32.1 Å². The first-order valence-electron chi connectivity index (χ1n) is 6.40. The summed E-state index contributed by atoms with van der Waals surface area (Å²) in [4.78, 5) is 13.9. The molecule has 6 heteroatoms. The van der Waals surface area contributed by atoms with E-state index in [0.717, 1.165) is 19.5 Å². The van der Waals surface area contributed by atoms with Gasteiger partial charge in [-0.2, -0.15) is 0 Å². The van der Waals surface area contributed by atoms with E-state index in [2.05, 4.69) is 5.32 Å². The number of nitrogens with one attached hydrogen (secondary N) is 1. The Morgan fingerprint density at radius 1 is 1.28 bits per heavy atom. The molecular formula is C12H19ClF2N2O. The highest BCUT2D eigenvalue weighted by Gasteiger charge is 2.48. The van der Waals surface area contributed by atoms with E-state index in [1.165, 1.54) is 19.3 Å². The van der Waals surface area contributed by atoms with E-state index in [1.807, 2.05) is 0 Å². The molecule has 1 unspecified atom stereocenters. The van der Waals surface area contributed by atoms with Gasteiger partial charge in [0.25, 0.3) is 5.92 Å². The molecule has 1 saturated carbocycles. The van der Waals surface area contributed by atoms with Crippen molar-refractivity contribution in [1.29, 1.82) is 0 Å². The van der Waals surface area contributed by atoms with E-state index in [9.17, 15) is 13.6 Å². The molecule has 0 aromatic rings. The second-order valence-electron chi connectivity index (χ2n) is 5.86. The van der Waals surface area contributed by atoms with Gasteiger partial charge in [-0.3, -0.25) is 10.1 Å². The Labute approximate surface area is 112 Å². The molecule has 2 aliphatic heterocycles. The van der Waals surface area contributed by atoms with Gasteiger partial charge in [-0.25, -0.2) is 8.78 Å². The topological polar surface area (TPSA) is 32.3 Å². The fourth-order valence-electron chi connectivity index (χ4n) is 3.32. The van der Waals surface area contributed by atoms with E-state index in [-0.39, 0.29) is 31.3 Å². The predicted octanol–water partition coefficient (Wildman–Crippen LogP) is 1.81. The van der Waals surface area contributed by atoms with Crippen LogP contribution in [-0.2, 0) is 4.79 Å². The summed E-state index contributed by atoms with van der Waals surface area (Å²) < 4.78 is 26.1. The van der Waals surface area contributed by atoms with Crippen molar-refractivity contribution in [3.8, 4) is 0 Å². The lowest BCUT2D eigenvalue weighted by Gasteiger charge is -2.38. The number of carbonyl (C=O) groups is 1. The van der Waals surface area contributed by atoms with Gasteiger partial charge < -0.3 is 4.90 Å². The molecule has 0 bridgehead atoms. The summed E-state index contributed by atoms with van der Waals surface area (Å²) in [5.74, 6) is -2.83. The van der Waals surface area contributed by atoms with Gasteiger partial charge in [-0.1, -0.05) is 6.42 Å². The molecule has 1 aliphatic carbocycles. The molecule has 3 fully saturated rings. The van der Waals surface area contributed by atoms with Gasteiger partial charge >= 0.3 is 0 Å². The summed E-state index contributed by atoms with van der Waals surface area (Å²) in [6.07, 6.45) is 4.37. The van der Waals surface area contributed by atoms with Crippen molar-refractivity contribution < 1.29 is 13.6 Å². The minimum atomic E-state index is -2.71. The summed E-state index contributed by atoms with van der Waals surface area (Å²) in [6, 6.07) is -0.666. The molecule has 0 aromatic carbocycles. The number of hydrogen-bond donors (Lipinski definition) is 1. The van der Waals surface area contributed by atoms with Gasteiger partial charge in [0.15, 0.2) is 0 Å². The Morgan fingerprint density at radius 2 is 2.00 bits per heavy atom. The Bertz CT molecular complexity index is 347.